The van der Waals surface area contributed by atoms with E-state index in [4.69, 9.17) is 9.72 Å². The number of carbonyl (C=O) groups excluding carboxylic acids is 1. The number of aromatic nitrogens is 2. The molecule has 1 aromatic carbocycles. The molecule has 40 heavy (non-hydrogen) atoms. The van der Waals surface area contributed by atoms with Gasteiger partial charge in [-0.15, -0.1) is 0 Å². The predicted molar refractivity (Wildman–Crippen MR) is 158 cm³/mol. The topological polar surface area (TPSA) is 87.9 Å². The van der Waals surface area contributed by atoms with Crippen molar-refractivity contribution in [2.75, 3.05) is 20.7 Å². The van der Waals surface area contributed by atoms with Gasteiger partial charge in [0.25, 0.3) is 5.91 Å². The molecule has 0 aliphatic carbocycles. The second-order valence-electron chi connectivity index (χ2n) is 13.7. The Morgan fingerprint density at radius 3 is 2.35 bits per heavy atom. The highest BCUT2D eigenvalue weighted by atomic mass is 16.5. The fourth-order valence-corrected chi connectivity index (χ4v) is 5.76. The molecule has 3 heterocycles. The summed E-state index contributed by atoms with van der Waals surface area (Å²) in [5.74, 6) is 1.98. The van der Waals surface area contributed by atoms with Gasteiger partial charge in [0.1, 0.15) is 11.6 Å². The Balaban J connectivity index is 1.98. The van der Waals surface area contributed by atoms with Gasteiger partial charge < -0.3 is 19.6 Å². The Labute approximate surface area is 239 Å². The zero-order chi connectivity index (χ0) is 29.7. The summed E-state index contributed by atoms with van der Waals surface area (Å²) in [7, 11) is 3.55. The lowest BCUT2D eigenvalue weighted by atomic mass is 9.82. The summed E-state index contributed by atoms with van der Waals surface area (Å²) in [5.41, 5.74) is 5.03. The molecule has 1 aromatic heterocycles. The van der Waals surface area contributed by atoms with Gasteiger partial charge in [-0.2, -0.15) is 0 Å². The predicted octanol–water partition coefficient (Wildman–Crippen LogP) is 6.23. The van der Waals surface area contributed by atoms with Crippen LogP contribution in [0.4, 0.5) is 4.79 Å². The smallest absolute Gasteiger partial charge is 0.407 e. The van der Waals surface area contributed by atoms with Crippen LogP contribution in [0.25, 0.3) is 11.3 Å². The molecule has 2 amide bonds. The van der Waals surface area contributed by atoms with E-state index in [1.807, 2.05) is 27.8 Å². The van der Waals surface area contributed by atoms with Gasteiger partial charge in [0.2, 0.25) is 0 Å². The number of rotatable bonds is 5. The molecule has 2 aromatic rings. The van der Waals surface area contributed by atoms with E-state index < -0.39 is 6.09 Å². The monoisotopic (exact) mass is 550 g/mol. The first-order chi connectivity index (χ1) is 18.5. The number of carbonyl (C=O) groups is 2. The molecule has 2 aliphatic rings. The molecule has 0 fully saturated rings. The Hall–Kier alpha value is -3.29. The van der Waals surface area contributed by atoms with Gasteiger partial charge in [0.05, 0.1) is 24.5 Å². The minimum Gasteiger partial charge on any atom is -0.496 e. The average molecular weight is 551 g/mol. The molecule has 0 saturated heterocycles. The number of nitrogens with zero attached hydrogens (tertiary/aromatic N) is 4. The van der Waals surface area contributed by atoms with E-state index in [-0.39, 0.29) is 22.9 Å². The van der Waals surface area contributed by atoms with Crippen LogP contribution in [0.15, 0.2) is 18.2 Å². The third kappa shape index (κ3) is 5.50. The fourth-order valence-electron chi connectivity index (χ4n) is 5.76. The summed E-state index contributed by atoms with van der Waals surface area (Å²) in [6, 6.07) is 4.04. The number of methoxy groups -OCH3 is 1. The highest BCUT2D eigenvalue weighted by Crippen LogP contribution is 2.40. The van der Waals surface area contributed by atoms with Crippen LogP contribution in [0.2, 0.25) is 0 Å². The van der Waals surface area contributed by atoms with Gasteiger partial charge in [0, 0.05) is 19.1 Å². The van der Waals surface area contributed by atoms with Crippen LogP contribution >= 0.6 is 0 Å². The highest BCUT2D eigenvalue weighted by molar-refractivity contribution is 5.95. The molecule has 1 atom stereocenters. The number of amides is 2. The number of ether oxygens (including phenoxy) is 1. The van der Waals surface area contributed by atoms with Gasteiger partial charge in [0.15, 0.2) is 5.69 Å². The lowest BCUT2D eigenvalue weighted by Crippen LogP contribution is -2.48. The molecular weight excluding hydrogens is 504 g/mol. The van der Waals surface area contributed by atoms with Crippen LogP contribution in [0, 0.1) is 11.3 Å². The summed E-state index contributed by atoms with van der Waals surface area (Å²) in [4.78, 5) is 34.3. The third-order valence-corrected chi connectivity index (χ3v) is 8.21. The zero-order valence-electron chi connectivity index (χ0n) is 25.9. The number of fused-ring (bicyclic) bond motifs is 3. The van der Waals surface area contributed by atoms with E-state index >= 15 is 0 Å². The lowest BCUT2D eigenvalue weighted by Gasteiger charge is -2.40. The van der Waals surface area contributed by atoms with Crippen molar-refractivity contribution in [3.63, 3.8) is 0 Å². The van der Waals surface area contributed by atoms with Crippen LogP contribution in [-0.4, -0.2) is 68.7 Å². The summed E-state index contributed by atoms with van der Waals surface area (Å²) < 4.78 is 7.96. The summed E-state index contributed by atoms with van der Waals surface area (Å²) >= 11 is 0. The van der Waals surface area contributed by atoms with Crippen LogP contribution in [0.3, 0.4) is 0 Å². The van der Waals surface area contributed by atoms with Gasteiger partial charge in [-0.05, 0) is 86.6 Å². The number of hydrogen-bond acceptors (Lipinski definition) is 4. The second kappa shape index (κ2) is 10.6. The van der Waals surface area contributed by atoms with Crippen molar-refractivity contribution < 1.29 is 19.4 Å². The van der Waals surface area contributed by atoms with Crippen LogP contribution < -0.4 is 4.74 Å². The fraction of sp³-hybridized carbons (Fsp3) is 0.594. The quantitative estimate of drug-likeness (QED) is 0.477. The largest absolute Gasteiger partial charge is 0.496 e. The van der Waals surface area contributed by atoms with Gasteiger partial charge in [-0.1, -0.05) is 40.7 Å². The average Bonchev–Trinajstić information content (AvgIpc) is 3.25. The van der Waals surface area contributed by atoms with Gasteiger partial charge in [-0.25, -0.2) is 9.78 Å². The minimum absolute atomic E-state index is 0.0993. The molecule has 2 aliphatic heterocycles. The van der Waals surface area contributed by atoms with Crippen molar-refractivity contribution in [1.29, 1.82) is 0 Å². The summed E-state index contributed by atoms with van der Waals surface area (Å²) in [5, 5.41) is 9.93. The van der Waals surface area contributed by atoms with Crippen LogP contribution in [-0.2, 0) is 19.3 Å². The number of benzene rings is 1. The molecule has 8 heteroatoms. The van der Waals surface area contributed by atoms with E-state index in [1.165, 1.54) is 4.90 Å². The molecule has 0 spiro atoms. The molecule has 1 unspecified atom stereocenters. The number of aryl methyl sites for hydroxylation is 1. The lowest BCUT2D eigenvalue weighted by molar-refractivity contribution is 0.0648. The number of hydrogen-bond donors (Lipinski definition) is 1. The van der Waals surface area contributed by atoms with Crippen molar-refractivity contribution in [2.45, 2.75) is 92.7 Å². The summed E-state index contributed by atoms with van der Waals surface area (Å²) in [6.07, 6.45) is 4.01. The first-order valence-corrected chi connectivity index (χ1v) is 14.3. The normalized spacial score (nSPS) is 17.3. The Kier molecular flexibility index (Phi) is 7.87. The molecule has 0 radical (unpaired) electrons. The van der Waals surface area contributed by atoms with E-state index in [1.54, 1.807) is 12.0 Å². The van der Waals surface area contributed by atoms with E-state index in [9.17, 15) is 14.7 Å². The third-order valence-electron chi connectivity index (χ3n) is 8.21. The number of imidazole rings is 1. The Morgan fingerprint density at radius 2 is 1.80 bits per heavy atom. The Morgan fingerprint density at radius 1 is 1.12 bits per heavy atom. The number of carboxylic acid groups (broad SMARTS) is 1. The maximum Gasteiger partial charge on any atom is 0.407 e. The van der Waals surface area contributed by atoms with Gasteiger partial charge >= 0.3 is 6.09 Å². The SMILES string of the molecule is COc1cc2c(cc1CC(C)C)-n1c(C3=CC(C(C)(C)C)N(C(=O)O)CC3)nc(C(=O)N(C)C(C)(C)C)c1CC2. The molecule has 0 bridgehead atoms. The maximum absolute atomic E-state index is 13.9. The molecule has 218 valence electrons. The molecule has 1 N–H and O–H groups in total. The minimum atomic E-state index is -0.918. The van der Waals surface area contributed by atoms with Crippen molar-refractivity contribution >= 4 is 17.6 Å². The zero-order valence-corrected chi connectivity index (χ0v) is 25.9. The second-order valence-corrected chi connectivity index (χ2v) is 13.7. The van der Waals surface area contributed by atoms with Crippen molar-refractivity contribution in [2.24, 2.45) is 11.3 Å². The van der Waals surface area contributed by atoms with Crippen LogP contribution in [0.1, 0.15) is 94.9 Å². The summed E-state index contributed by atoms with van der Waals surface area (Å²) in [6.45, 7) is 17.0. The van der Waals surface area contributed by atoms with E-state index in [0.29, 0.717) is 31.0 Å². The van der Waals surface area contributed by atoms with Crippen molar-refractivity contribution in [1.82, 2.24) is 19.4 Å². The first kappa shape index (κ1) is 29.7. The Bertz CT molecular complexity index is 1340. The highest BCUT2D eigenvalue weighted by Gasteiger charge is 2.38. The molecule has 0 saturated carbocycles. The molecule has 8 nitrogen and oxygen atoms in total. The van der Waals surface area contributed by atoms with Gasteiger partial charge in [-0.3, -0.25) is 9.36 Å². The standard InChI is InChI=1S/C32H46N4O4/c1-19(2)15-22-16-24-20(17-25(22)40-10)11-12-23-27(29(37)34(9)32(6,7)8)33-28(36(23)24)21-13-14-35(30(38)39)26(18-21)31(3,4)5/h16-19,26H,11-15H2,1-10H3,(H,38,39). The van der Waals surface area contributed by atoms with Crippen molar-refractivity contribution in [3.05, 3.63) is 46.5 Å². The first-order valence-electron chi connectivity index (χ1n) is 14.3. The molecule has 4 rings (SSSR count). The van der Waals surface area contributed by atoms with Crippen LogP contribution in [0.5, 0.6) is 5.75 Å². The maximum atomic E-state index is 13.9. The van der Waals surface area contributed by atoms with E-state index in [0.717, 1.165) is 52.5 Å². The van der Waals surface area contributed by atoms with Crippen molar-refractivity contribution in [3.8, 4) is 11.4 Å². The molecular formula is C32H46N4O4. The van der Waals surface area contributed by atoms with E-state index in [2.05, 4.69) is 57.4 Å².